The molecule has 0 aliphatic heterocycles. The number of amides is 1. The molecule has 3 unspecified atom stereocenters. The van der Waals surface area contributed by atoms with Gasteiger partial charge in [-0.1, -0.05) is 19.8 Å². The molecular weight excluding hydrogens is 192 g/mol. The maximum Gasteiger partial charge on any atom is 0.246 e. The van der Waals surface area contributed by atoms with Crippen LogP contribution in [0.1, 0.15) is 39.5 Å². The Hall–Kier alpha value is -0.610. The van der Waals surface area contributed by atoms with Crippen molar-refractivity contribution < 1.29 is 9.53 Å². The molecule has 1 rings (SSSR count). The van der Waals surface area contributed by atoms with E-state index in [1.807, 2.05) is 0 Å². The molecule has 1 amide bonds. The number of carbonyl (C=O) groups is 1. The van der Waals surface area contributed by atoms with Crippen LogP contribution < -0.4 is 11.5 Å². The summed E-state index contributed by atoms with van der Waals surface area (Å²) in [5.41, 5.74) is 10.6. The van der Waals surface area contributed by atoms with Gasteiger partial charge in [-0.3, -0.25) is 4.79 Å². The predicted molar refractivity (Wildman–Crippen MR) is 59.2 cm³/mol. The molecule has 0 radical (unpaired) electrons. The van der Waals surface area contributed by atoms with Gasteiger partial charge in [0.1, 0.15) is 6.10 Å². The van der Waals surface area contributed by atoms with Crippen molar-refractivity contribution in [1.29, 1.82) is 0 Å². The molecule has 0 bridgehead atoms. The second-order valence-corrected chi connectivity index (χ2v) is 4.75. The highest BCUT2D eigenvalue weighted by atomic mass is 16.5. The molecule has 0 saturated heterocycles. The third-order valence-electron chi connectivity index (χ3n) is 3.25. The molecule has 15 heavy (non-hydrogen) atoms. The summed E-state index contributed by atoms with van der Waals surface area (Å²) in [6.45, 7) is 4.36. The van der Waals surface area contributed by atoms with Crippen LogP contribution in [-0.4, -0.2) is 24.2 Å². The van der Waals surface area contributed by atoms with E-state index in [1.54, 1.807) is 6.92 Å². The topological polar surface area (TPSA) is 78.3 Å². The zero-order chi connectivity index (χ0) is 11.5. The molecule has 0 aromatic carbocycles. The number of carbonyl (C=O) groups excluding carboxylic acids is 1. The summed E-state index contributed by atoms with van der Waals surface area (Å²) >= 11 is 0. The van der Waals surface area contributed by atoms with Gasteiger partial charge in [0.15, 0.2) is 0 Å². The number of hydrogen-bond donors (Lipinski definition) is 2. The molecule has 1 aliphatic carbocycles. The Kier molecular flexibility index (Phi) is 4.11. The summed E-state index contributed by atoms with van der Waals surface area (Å²) in [7, 11) is 0. The molecule has 1 fully saturated rings. The Morgan fingerprint density at radius 1 is 1.67 bits per heavy atom. The number of rotatable bonds is 4. The smallest absolute Gasteiger partial charge is 0.246 e. The first-order valence-electron chi connectivity index (χ1n) is 5.66. The Morgan fingerprint density at radius 3 is 2.80 bits per heavy atom. The lowest BCUT2D eigenvalue weighted by Crippen LogP contribution is -2.48. The minimum absolute atomic E-state index is 0.327. The lowest BCUT2D eigenvalue weighted by molar-refractivity contribution is -0.148. The van der Waals surface area contributed by atoms with E-state index in [0.717, 1.165) is 19.3 Å². The van der Waals surface area contributed by atoms with Crippen molar-refractivity contribution in [2.75, 3.05) is 6.54 Å². The summed E-state index contributed by atoms with van der Waals surface area (Å²) in [6, 6.07) is 0. The lowest BCUT2D eigenvalue weighted by Gasteiger charge is -2.40. The number of primary amides is 1. The van der Waals surface area contributed by atoms with Gasteiger partial charge in [0.2, 0.25) is 5.91 Å². The van der Waals surface area contributed by atoms with Gasteiger partial charge in [0, 0.05) is 6.54 Å². The standard InChI is InChI=1S/C11H22N2O2/c1-8-4-3-5-11(6-8,7-12)15-9(2)10(13)14/h8-9H,3-7,12H2,1-2H3,(H2,13,14). The summed E-state index contributed by atoms with van der Waals surface area (Å²) in [4.78, 5) is 11.0. The lowest BCUT2D eigenvalue weighted by atomic mass is 9.78. The van der Waals surface area contributed by atoms with E-state index >= 15 is 0 Å². The molecule has 1 aliphatic rings. The van der Waals surface area contributed by atoms with Crippen molar-refractivity contribution in [3.63, 3.8) is 0 Å². The zero-order valence-corrected chi connectivity index (χ0v) is 9.66. The SMILES string of the molecule is CC1CCCC(CN)(OC(C)C(N)=O)C1. The van der Waals surface area contributed by atoms with Crippen LogP contribution in [0.3, 0.4) is 0 Å². The van der Waals surface area contributed by atoms with Crippen LogP contribution in [0.4, 0.5) is 0 Å². The zero-order valence-electron chi connectivity index (χ0n) is 9.66. The summed E-state index contributed by atoms with van der Waals surface area (Å²) in [5.74, 6) is 0.198. The Morgan fingerprint density at radius 2 is 2.33 bits per heavy atom. The maximum absolute atomic E-state index is 11.0. The van der Waals surface area contributed by atoms with Crippen LogP contribution in [-0.2, 0) is 9.53 Å². The van der Waals surface area contributed by atoms with E-state index in [-0.39, 0.29) is 5.60 Å². The highest BCUT2D eigenvalue weighted by Crippen LogP contribution is 2.35. The molecule has 3 atom stereocenters. The molecule has 88 valence electrons. The Bertz CT molecular complexity index is 233. The number of hydrogen-bond acceptors (Lipinski definition) is 3. The molecule has 4 N–H and O–H groups in total. The van der Waals surface area contributed by atoms with Crippen molar-refractivity contribution in [2.45, 2.75) is 51.2 Å². The molecule has 0 aromatic heterocycles. The molecule has 1 saturated carbocycles. The highest BCUT2D eigenvalue weighted by Gasteiger charge is 2.36. The van der Waals surface area contributed by atoms with Gasteiger partial charge < -0.3 is 16.2 Å². The largest absolute Gasteiger partial charge is 0.367 e. The molecule has 0 spiro atoms. The summed E-state index contributed by atoms with van der Waals surface area (Å²) < 4.78 is 5.76. The first-order valence-corrected chi connectivity index (χ1v) is 5.66. The fourth-order valence-corrected chi connectivity index (χ4v) is 2.39. The minimum atomic E-state index is -0.543. The van der Waals surface area contributed by atoms with Crippen molar-refractivity contribution in [1.82, 2.24) is 0 Å². The second kappa shape index (κ2) is 4.94. The van der Waals surface area contributed by atoms with E-state index in [2.05, 4.69) is 6.92 Å². The van der Waals surface area contributed by atoms with Gasteiger partial charge in [0.25, 0.3) is 0 Å². The van der Waals surface area contributed by atoms with Crippen LogP contribution in [0.25, 0.3) is 0 Å². The van der Waals surface area contributed by atoms with Gasteiger partial charge in [-0.25, -0.2) is 0 Å². The van der Waals surface area contributed by atoms with Crippen LogP contribution in [0.2, 0.25) is 0 Å². The summed E-state index contributed by atoms with van der Waals surface area (Å²) in [6.07, 6.45) is 3.66. The molecule has 0 aromatic rings. The third-order valence-corrected chi connectivity index (χ3v) is 3.25. The van der Waals surface area contributed by atoms with E-state index < -0.39 is 12.0 Å². The monoisotopic (exact) mass is 214 g/mol. The van der Waals surface area contributed by atoms with Gasteiger partial charge >= 0.3 is 0 Å². The van der Waals surface area contributed by atoms with Gasteiger partial charge in [-0.05, 0) is 25.7 Å². The fraction of sp³-hybridized carbons (Fsp3) is 0.909. The molecule has 0 heterocycles. The number of ether oxygens (including phenoxy) is 1. The van der Waals surface area contributed by atoms with Gasteiger partial charge in [-0.2, -0.15) is 0 Å². The summed E-state index contributed by atoms with van der Waals surface area (Å²) in [5, 5.41) is 0. The van der Waals surface area contributed by atoms with Crippen LogP contribution in [0.15, 0.2) is 0 Å². The van der Waals surface area contributed by atoms with Crippen molar-refractivity contribution in [3.05, 3.63) is 0 Å². The van der Waals surface area contributed by atoms with Gasteiger partial charge in [0.05, 0.1) is 5.60 Å². The maximum atomic E-state index is 11.0. The number of nitrogens with two attached hydrogens (primary N) is 2. The fourth-order valence-electron chi connectivity index (χ4n) is 2.39. The van der Waals surface area contributed by atoms with Gasteiger partial charge in [-0.15, -0.1) is 0 Å². The van der Waals surface area contributed by atoms with Crippen LogP contribution in [0.5, 0.6) is 0 Å². The van der Waals surface area contributed by atoms with Crippen LogP contribution >= 0.6 is 0 Å². The Labute approximate surface area is 91.3 Å². The average Bonchev–Trinajstić information content (AvgIpc) is 2.17. The van der Waals surface area contributed by atoms with E-state index in [9.17, 15) is 4.79 Å². The highest BCUT2D eigenvalue weighted by molar-refractivity contribution is 5.78. The normalized spacial score (nSPS) is 33.7. The van der Waals surface area contributed by atoms with E-state index in [1.165, 1.54) is 6.42 Å². The van der Waals surface area contributed by atoms with E-state index in [4.69, 9.17) is 16.2 Å². The third kappa shape index (κ3) is 3.18. The first-order chi connectivity index (χ1) is 6.99. The molecule has 4 nitrogen and oxygen atoms in total. The quantitative estimate of drug-likeness (QED) is 0.726. The van der Waals surface area contributed by atoms with Crippen LogP contribution in [0, 0.1) is 5.92 Å². The molecular formula is C11H22N2O2. The first kappa shape index (κ1) is 12.5. The minimum Gasteiger partial charge on any atom is -0.367 e. The second-order valence-electron chi connectivity index (χ2n) is 4.75. The Balaban J connectivity index is 2.63. The average molecular weight is 214 g/mol. The predicted octanol–water partition coefficient (Wildman–Crippen LogP) is 0.784. The molecule has 4 heteroatoms. The van der Waals surface area contributed by atoms with Crippen molar-refractivity contribution >= 4 is 5.91 Å². The van der Waals surface area contributed by atoms with Crippen molar-refractivity contribution in [2.24, 2.45) is 17.4 Å². The van der Waals surface area contributed by atoms with Crippen molar-refractivity contribution in [3.8, 4) is 0 Å². The van der Waals surface area contributed by atoms with E-state index in [0.29, 0.717) is 12.5 Å².